The summed E-state index contributed by atoms with van der Waals surface area (Å²) in [5.41, 5.74) is 1.14. The molecule has 12 heavy (non-hydrogen) atoms. The Labute approximate surface area is 72.3 Å². The van der Waals surface area contributed by atoms with Gasteiger partial charge in [0.15, 0.2) is 0 Å². The van der Waals surface area contributed by atoms with Gasteiger partial charge in [0.2, 0.25) is 0 Å². The van der Waals surface area contributed by atoms with E-state index in [1.807, 2.05) is 19.1 Å². The van der Waals surface area contributed by atoms with Crippen LogP contribution in [0.25, 0.3) is 0 Å². The van der Waals surface area contributed by atoms with Crippen LogP contribution in [0.3, 0.4) is 0 Å². The van der Waals surface area contributed by atoms with E-state index < -0.39 is 8.25 Å². The van der Waals surface area contributed by atoms with E-state index in [-0.39, 0.29) is 0 Å². The highest BCUT2D eigenvalue weighted by Crippen LogP contribution is 2.26. The molecule has 0 aliphatic carbocycles. The van der Waals surface area contributed by atoms with Crippen molar-refractivity contribution in [2.24, 2.45) is 0 Å². The molecule has 0 N–H and O–H groups in total. The number of hydrogen-bond donors (Lipinski definition) is 0. The average Bonchev–Trinajstić information content (AvgIpc) is 2.09. The van der Waals surface area contributed by atoms with E-state index in [1.165, 1.54) is 7.11 Å². The van der Waals surface area contributed by atoms with Gasteiger partial charge in [0.25, 0.3) is 0 Å². The first-order valence-corrected chi connectivity index (χ1v) is 4.77. The minimum absolute atomic E-state index is 0.575. The Kier molecular flexibility index (Phi) is 3.32. The second-order valence-electron chi connectivity index (χ2n) is 2.37. The van der Waals surface area contributed by atoms with Crippen LogP contribution in [0.5, 0.6) is 5.75 Å². The highest BCUT2D eigenvalue weighted by molar-refractivity contribution is 7.33. The molecule has 4 heteroatoms. The van der Waals surface area contributed by atoms with Crippen LogP contribution in [-0.4, -0.2) is 7.11 Å². The molecule has 0 bridgehead atoms. The van der Waals surface area contributed by atoms with Crippen LogP contribution in [0.1, 0.15) is 5.56 Å². The van der Waals surface area contributed by atoms with Gasteiger partial charge in [0, 0.05) is 7.11 Å². The van der Waals surface area contributed by atoms with Gasteiger partial charge in [-0.05, 0) is 19.1 Å². The molecule has 0 saturated heterocycles. The molecular formula is C8H11O3P. The molecular weight excluding hydrogens is 175 g/mol. The van der Waals surface area contributed by atoms with Crippen molar-refractivity contribution >= 4 is 8.25 Å². The number of benzene rings is 1. The van der Waals surface area contributed by atoms with E-state index in [1.54, 1.807) is 12.1 Å². The van der Waals surface area contributed by atoms with Gasteiger partial charge in [0.1, 0.15) is 5.75 Å². The predicted molar refractivity (Wildman–Crippen MR) is 47.8 cm³/mol. The zero-order valence-corrected chi connectivity index (χ0v) is 8.03. The Balaban J connectivity index is 2.64. The van der Waals surface area contributed by atoms with Gasteiger partial charge in [0.05, 0.1) is 0 Å². The van der Waals surface area contributed by atoms with Crippen LogP contribution in [-0.2, 0) is 9.09 Å². The molecule has 0 aromatic heterocycles. The molecule has 0 saturated carbocycles. The normalized spacial score (nSPS) is 12.5. The van der Waals surface area contributed by atoms with Gasteiger partial charge in [-0.2, -0.15) is 0 Å². The van der Waals surface area contributed by atoms with E-state index in [0.29, 0.717) is 5.75 Å². The summed E-state index contributed by atoms with van der Waals surface area (Å²) in [6.45, 7) is 1.98. The number of hydrogen-bond acceptors (Lipinski definition) is 3. The lowest BCUT2D eigenvalue weighted by molar-refractivity contribution is 0.349. The number of rotatable bonds is 3. The Morgan fingerprint density at radius 2 is 1.83 bits per heavy atom. The maximum atomic E-state index is 10.8. The van der Waals surface area contributed by atoms with Gasteiger partial charge >= 0.3 is 8.25 Å². The van der Waals surface area contributed by atoms with Gasteiger partial charge in [-0.3, -0.25) is 0 Å². The molecule has 1 aromatic carbocycles. The standard InChI is InChI=1S/C8H11O3P/c1-7-3-5-8(6-4-7)11-12(9)10-2/h3-6,12H,1-2H3. The van der Waals surface area contributed by atoms with Crippen LogP contribution in [0, 0.1) is 6.92 Å². The van der Waals surface area contributed by atoms with E-state index in [4.69, 9.17) is 4.52 Å². The molecule has 1 aromatic rings. The van der Waals surface area contributed by atoms with Gasteiger partial charge in [-0.1, -0.05) is 17.7 Å². The quantitative estimate of drug-likeness (QED) is 0.680. The summed E-state index contributed by atoms with van der Waals surface area (Å²) in [6, 6.07) is 7.30. The van der Waals surface area contributed by atoms with Crippen molar-refractivity contribution in [3.63, 3.8) is 0 Å². The first-order valence-electron chi connectivity index (χ1n) is 3.55. The van der Waals surface area contributed by atoms with Crippen molar-refractivity contribution in [3.05, 3.63) is 29.8 Å². The first-order chi connectivity index (χ1) is 5.72. The van der Waals surface area contributed by atoms with Crippen LogP contribution in [0.2, 0.25) is 0 Å². The second-order valence-corrected chi connectivity index (χ2v) is 3.48. The van der Waals surface area contributed by atoms with E-state index in [0.717, 1.165) is 5.56 Å². The lowest BCUT2D eigenvalue weighted by Crippen LogP contribution is -1.82. The highest BCUT2D eigenvalue weighted by atomic mass is 31.1. The van der Waals surface area contributed by atoms with Crippen molar-refractivity contribution in [2.45, 2.75) is 6.92 Å². The second kappa shape index (κ2) is 4.29. The van der Waals surface area contributed by atoms with Crippen LogP contribution >= 0.6 is 8.25 Å². The molecule has 0 spiro atoms. The topological polar surface area (TPSA) is 35.5 Å². The van der Waals surface area contributed by atoms with Crippen LogP contribution in [0.4, 0.5) is 0 Å². The zero-order valence-electron chi connectivity index (χ0n) is 7.03. The molecule has 0 radical (unpaired) electrons. The molecule has 1 atom stereocenters. The highest BCUT2D eigenvalue weighted by Gasteiger charge is 1.97. The van der Waals surface area contributed by atoms with Crippen molar-refractivity contribution in [1.29, 1.82) is 0 Å². The average molecular weight is 186 g/mol. The molecule has 0 aliphatic rings. The maximum Gasteiger partial charge on any atom is 0.367 e. The summed E-state index contributed by atoms with van der Waals surface area (Å²) in [7, 11) is -0.987. The third-order valence-electron chi connectivity index (χ3n) is 1.39. The predicted octanol–water partition coefficient (Wildman–Crippen LogP) is 2.41. The first kappa shape index (κ1) is 9.30. The number of aryl methyl sites for hydroxylation is 1. The van der Waals surface area contributed by atoms with Crippen LogP contribution in [0.15, 0.2) is 24.3 Å². The minimum atomic E-state index is -2.34. The SMILES string of the molecule is CO[PH](=O)Oc1ccc(C)cc1. The van der Waals surface area contributed by atoms with Gasteiger partial charge < -0.3 is 9.05 Å². The lowest BCUT2D eigenvalue weighted by Gasteiger charge is -2.03. The van der Waals surface area contributed by atoms with Gasteiger partial charge in [-0.25, -0.2) is 4.57 Å². The third kappa shape index (κ3) is 2.68. The van der Waals surface area contributed by atoms with Crippen molar-refractivity contribution in [3.8, 4) is 5.75 Å². The fourth-order valence-electron chi connectivity index (χ4n) is 0.744. The molecule has 3 nitrogen and oxygen atoms in total. The smallest absolute Gasteiger partial charge is 0.367 e. The summed E-state index contributed by atoms with van der Waals surface area (Å²) < 4.78 is 20.3. The minimum Gasteiger partial charge on any atom is -0.426 e. The molecule has 0 amide bonds. The van der Waals surface area contributed by atoms with E-state index in [2.05, 4.69) is 4.52 Å². The Hall–Kier alpha value is -0.790. The van der Waals surface area contributed by atoms with Crippen molar-refractivity contribution < 1.29 is 13.6 Å². The Morgan fingerprint density at radius 3 is 2.33 bits per heavy atom. The molecule has 66 valence electrons. The van der Waals surface area contributed by atoms with Gasteiger partial charge in [-0.15, -0.1) is 0 Å². The summed E-state index contributed by atoms with van der Waals surface area (Å²) in [4.78, 5) is 0. The monoisotopic (exact) mass is 186 g/mol. The molecule has 0 aliphatic heterocycles. The summed E-state index contributed by atoms with van der Waals surface area (Å²) in [6.07, 6.45) is 0. The Bertz CT molecular complexity index is 268. The summed E-state index contributed by atoms with van der Waals surface area (Å²) in [5, 5.41) is 0. The van der Waals surface area contributed by atoms with Crippen molar-refractivity contribution in [1.82, 2.24) is 0 Å². The Morgan fingerprint density at radius 1 is 1.25 bits per heavy atom. The molecule has 1 rings (SSSR count). The zero-order chi connectivity index (χ0) is 8.97. The summed E-state index contributed by atoms with van der Waals surface area (Å²) >= 11 is 0. The molecule has 0 fully saturated rings. The fourth-order valence-corrected chi connectivity index (χ4v) is 1.16. The van der Waals surface area contributed by atoms with Crippen LogP contribution < -0.4 is 4.52 Å². The third-order valence-corrected chi connectivity index (χ3v) is 2.12. The lowest BCUT2D eigenvalue weighted by atomic mass is 10.2. The van der Waals surface area contributed by atoms with E-state index in [9.17, 15) is 4.57 Å². The fraction of sp³-hybridized carbons (Fsp3) is 0.250. The molecule has 0 heterocycles. The van der Waals surface area contributed by atoms with Crippen molar-refractivity contribution in [2.75, 3.05) is 7.11 Å². The maximum absolute atomic E-state index is 10.8. The summed E-state index contributed by atoms with van der Waals surface area (Å²) in [5.74, 6) is 0.575. The van der Waals surface area contributed by atoms with E-state index >= 15 is 0 Å². The largest absolute Gasteiger partial charge is 0.426 e. The molecule has 1 unspecified atom stereocenters.